The van der Waals surface area contributed by atoms with Crippen LogP contribution in [0.5, 0.6) is 0 Å². The smallest absolute Gasteiger partial charge is 0.214 e. The van der Waals surface area contributed by atoms with Crippen molar-refractivity contribution in [1.82, 2.24) is 14.9 Å². The van der Waals surface area contributed by atoms with E-state index in [0.29, 0.717) is 34.2 Å². The van der Waals surface area contributed by atoms with E-state index in [1.54, 1.807) is 35.0 Å². The van der Waals surface area contributed by atoms with E-state index >= 15 is 0 Å². The molecule has 4 aromatic rings. The number of rotatable bonds is 5. The standard InChI is InChI=1S/C19H15FN4OS/c20-16-9-5-4-8-15(16)17-11-10-14(25-17)12-21-24-18(22-23-19(24)26)13-6-2-1-3-7-13/h1-11,21H,12H2,(H,23,26). The largest absolute Gasteiger partial charge is 0.459 e. The average molecular weight is 366 g/mol. The van der Waals surface area contributed by atoms with Crippen molar-refractivity contribution >= 4 is 12.2 Å². The van der Waals surface area contributed by atoms with E-state index in [4.69, 9.17) is 16.6 Å². The predicted octanol–water partition coefficient (Wildman–Crippen LogP) is 4.75. The maximum Gasteiger partial charge on any atom is 0.214 e. The van der Waals surface area contributed by atoms with Crippen LogP contribution in [0.2, 0.25) is 0 Å². The van der Waals surface area contributed by atoms with Crippen molar-refractivity contribution in [2.24, 2.45) is 0 Å². The van der Waals surface area contributed by atoms with Gasteiger partial charge in [0.15, 0.2) is 5.82 Å². The van der Waals surface area contributed by atoms with Gasteiger partial charge in [-0.25, -0.2) is 14.2 Å². The topological polar surface area (TPSA) is 58.8 Å². The lowest BCUT2D eigenvalue weighted by Crippen LogP contribution is -2.15. The van der Waals surface area contributed by atoms with E-state index in [0.717, 1.165) is 5.56 Å². The summed E-state index contributed by atoms with van der Waals surface area (Å²) in [4.78, 5) is 0. The third kappa shape index (κ3) is 3.16. The van der Waals surface area contributed by atoms with Gasteiger partial charge in [0.1, 0.15) is 17.3 Å². The van der Waals surface area contributed by atoms with Crippen LogP contribution in [0.25, 0.3) is 22.7 Å². The second kappa shape index (κ2) is 6.97. The van der Waals surface area contributed by atoms with Crippen molar-refractivity contribution < 1.29 is 8.81 Å². The molecule has 0 aliphatic carbocycles. The van der Waals surface area contributed by atoms with Gasteiger partial charge in [0.2, 0.25) is 4.77 Å². The molecule has 0 atom stereocenters. The Morgan fingerprint density at radius 3 is 2.62 bits per heavy atom. The summed E-state index contributed by atoms with van der Waals surface area (Å²) in [6.45, 7) is 0.377. The number of aromatic amines is 1. The summed E-state index contributed by atoms with van der Waals surface area (Å²) in [6, 6.07) is 19.8. The third-order valence-electron chi connectivity index (χ3n) is 3.92. The third-order valence-corrected chi connectivity index (χ3v) is 4.19. The highest BCUT2D eigenvalue weighted by Crippen LogP contribution is 2.25. The zero-order valence-electron chi connectivity index (χ0n) is 13.6. The van der Waals surface area contributed by atoms with Gasteiger partial charge in [0.25, 0.3) is 0 Å². The summed E-state index contributed by atoms with van der Waals surface area (Å²) in [5.41, 5.74) is 4.55. The summed E-state index contributed by atoms with van der Waals surface area (Å²) in [7, 11) is 0. The summed E-state index contributed by atoms with van der Waals surface area (Å²) in [5.74, 6) is 1.51. The second-order valence-electron chi connectivity index (χ2n) is 5.63. The molecule has 2 N–H and O–H groups in total. The van der Waals surface area contributed by atoms with Gasteiger partial charge in [0.05, 0.1) is 12.1 Å². The molecule has 26 heavy (non-hydrogen) atoms. The summed E-state index contributed by atoms with van der Waals surface area (Å²) in [6.07, 6.45) is 0. The number of hydrogen-bond donors (Lipinski definition) is 2. The van der Waals surface area contributed by atoms with Gasteiger partial charge in [-0.2, -0.15) is 5.10 Å². The SMILES string of the molecule is Fc1ccccc1-c1ccc(CNn2c(-c3ccccc3)n[nH]c2=S)o1. The maximum atomic E-state index is 13.9. The molecular weight excluding hydrogens is 351 g/mol. The van der Waals surface area contributed by atoms with Crippen molar-refractivity contribution in [3.63, 3.8) is 0 Å². The Bertz CT molecular complexity index is 1080. The van der Waals surface area contributed by atoms with E-state index in [9.17, 15) is 4.39 Å². The number of hydrogen-bond acceptors (Lipinski definition) is 4. The summed E-state index contributed by atoms with van der Waals surface area (Å²) in [5, 5.41) is 7.05. The molecule has 0 saturated carbocycles. The Balaban J connectivity index is 1.55. The molecule has 7 heteroatoms. The molecule has 2 aromatic heterocycles. The molecule has 0 bridgehead atoms. The molecule has 0 aliphatic rings. The van der Waals surface area contributed by atoms with Crippen LogP contribution in [-0.4, -0.2) is 14.9 Å². The number of furan rings is 1. The van der Waals surface area contributed by atoms with Crippen molar-refractivity contribution in [2.75, 3.05) is 5.43 Å². The first-order valence-corrected chi connectivity index (χ1v) is 8.43. The lowest BCUT2D eigenvalue weighted by molar-refractivity contribution is 0.517. The van der Waals surface area contributed by atoms with E-state index in [1.807, 2.05) is 30.3 Å². The number of halogens is 1. The average Bonchev–Trinajstić information content (AvgIpc) is 3.28. The highest BCUT2D eigenvalue weighted by Gasteiger charge is 2.11. The number of H-pyrrole nitrogens is 1. The monoisotopic (exact) mass is 366 g/mol. The molecule has 0 aliphatic heterocycles. The van der Waals surface area contributed by atoms with Crippen LogP contribution in [0.3, 0.4) is 0 Å². The van der Waals surface area contributed by atoms with Crippen LogP contribution in [0.15, 0.2) is 71.1 Å². The first-order valence-electron chi connectivity index (χ1n) is 8.03. The van der Waals surface area contributed by atoms with Crippen LogP contribution < -0.4 is 5.43 Å². The minimum absolute atomic E-state index is 0.315. The molecule has 0 radical (unpaired) electrons. The predicted molar refractivity (Wildman–Crippen MR) is 100 cm³/mol. The molecular formula is C19H15FN4OS. The van der Waals surface area contributed by atoms with Gasteiger partial charge in [-0.1, -0.05) is 42.5 Å². The fraction of sp³-hybridized carbons (Fsp3) is 0.0526. The molecule has 0 fully saturated rings. The lowest BCUT2D eigenvalue weighted by atomic mass is 10.1. The van der Waals surface area contributed by atoms with Crippen LogP contribution in [-0.2, 0) is 6.54 Å². The Hall–Kier alpha value is -3.19. The van der Waals surface area contributed by atoms with Crippen LogP contribution in [0.1, 0.15) is 5.76 Å². The lowest BCUT2D eigenvalue weighted by Gasteiger charge is -2.08. The van der Waals surface area contributed by atoms with E-state index < -0.39 is 0 Å². The van der Waals surface area contributed by atoms with Crippen LogP contribution in [0.4, 0.5) is 4.39 Å². The van der Waals surface area contributed by atoms with Crippen molar-refractivity contribution in [2.45, 2.75) is 6.54 Å². The van der Waals surface area contributed by atoms with Crippen molar-refractivity contribution in [1.29, 1.82) is 0 Å². The Labute approximate surface area is 154 Å². The fourth-order valence-corrected chi connectivity index (χ4v) is 2.86. The molecule has 0 spiro atoms. The Kier molecular flexibility index (Phi) is 4.37. The molecule has 0 amide bonds. The van der Waals surface area contributed by atoms with Gasteiger partial charge in [-0.3, -0.25) is 0 Å². The van der Waals surface area contributed by atoms with Crippen LogP contribution in [0, 0.1) is 10.6 Å². The highest BCUT2D eigenvalue weighted by molar-refractivity contribution is 7.71. The molecule has 130 valence electrons. The molecule has 5 nitrogen and oxygen atoms in total. The van der Waals surface area contributed by atoms with Gasteiger partial charge in [-0.05, 0) is 36.5 Å². The molecule has 2 heterocycles. The summed E-state index contributed by atoms with van der Waals surface area (Å²) < 4.78 is 21.8. The van der Waals surface area contributed by atoms with Crippen LogP contribution >= 0.6 is 12.2 Å². The number of aromatic nitrogens is 3. The fourth-order valence-electron chi connectivity index (χ4n) is 2.66. The second-order valence-corrected chi connectivity index (χ2v) is 6.02. The first-order chi connectivity index (χ1) is 12.7. The minimum atomic E-state index is -0.315. The van der Waals surface area contributed by atoms with Gasteiger partial charge >= 0.3 is 0 Å². The highest BCUT2D eigenvalue weighted by atomic mass is 32.1. The van der Waals surface area contributed by atoms with Gasteiger partial charge in [0, 0.05) is 5.56 Å². The molecule has 2 aromatic carbocycles. The molecule has 4 rings (SSSR count). The van der Waals surface area contributed by atoms with Gasteiger partial charge < -0.3 is 9.84 Å². The Morgan fingerprint density at radius 1 is 1.04 bits per heavy atom. The normalized spacial score (nSPS) is 10.8. The number of nitrogens with zero attached hydrogens (tertiary/aromatic N) is 2. The number of benzene rings is 2. The maximum absolute atomic E-state index is 13.9. The Morgan fingerprint density at radius 2 is 1.81 bits per heavy atom. The number of nitrogens with one attached hydrogen (secondary N) is 2. The zero-order valence-corrected chi connectivity index (χ0v) is 14.5. The zero-order chi connectivity index (χ0) is 17.9. The van der Waals surface area contributed by atoms with Crippen molar-refractivity contribution in [3.05, 3.63) is 83.1 Å². The van der Waals surface area contributed by atoms with Gasteiger partial charge in [-0.15, -0.1) is 0 Å². The quantitative estimate of drug-likeness (QED) is 0.501. The molecule has 0 saturated heterocycles. The van der Waals surface area contributed by atoms with E-state index in [1.165, 1.54) is 6.07 Å². The minimum Gasteiger partial charge on any atom is -0.459 e. The summed E-state index contributed by atoms with van der Waals surface area (Å²) >= 11 is 5.29. The van der Waals surface area contributed by atoms with E-state index in [2.05, 4.69) is 15.6 Å². The molecule has 0 unspecified atom stereocenters. The first kappa shape index (κ1) is 16.3. The van der Waals surface area contributed by atoms with E-state index in [-0.39, 0.29) is 5.82 Å². The van der Waals surface area contributed by atoms with Crippen molar-refractivity contribution in [3.8, 4) is 22.7 Å².